The van der Waals surface area contributed by atoms with Crippen LogP contribution in [0.15, 0.2) is 47.5 Å². The van der Waals surface area contributed by atoms with Gasteiger partial charge in [0.1, 0.15) is 23.5 Å². The van der Waals surface area contributed by atoms with Crippen molar-refractivity contribution < 1.29 is 14.8 Å². The maximum absolute atomic E-state index is 11.0. The van der Waals surface area contributed by atoms with Gasteiger partial charge in [0.25, 0.3) is 5.69 Å². The van der Waals surface area contributed by atoms with Crippen molar-refractivity contribution in [3.63, 3.8) is 0 Å². The van der Waals surface area contributed by atoms with Gasteiger partial charge in [-0.1, -0.05) is 6.07 Å². The van der Waals surface area contributed by atoms with Gasteiger partial charge in [-0.2, -0.15) is 10.5 Å². The van der Waals surface area contributed by atoms with Crippen LogP contribution in [0.25, 0.3) is 0 Å². The quantitative estimate of drug-likeness (QED) is 0.196. The summed E-state index contributed by atoms with van der Waals surface area (Å²) in [5, 5.41) is 40.9. The highest BCUT2D eigenvalue weighted by Crippen LogP contribution is 2.43. The van der Waals surface area contributed by atoms with Gasteiger partial charge >= 0.3 is 0 Å². The number of nitrogens with zero attached hydrogens (tertiary/aromatic N) is 5. The van der Waals surface area contributed by atoms with Crippen LogP contribution in [0.5, 0.6) is 5.75 Å². The second-order valence-corrected chi connectivity index (χ2v) is 7.18. The van der Waals surface area contributed by atoms with Gasteiger partial charge in [-0.25, -0.2) is 9.89 Å². The number of benzene rings is 2. The molecular weight excluding hydrogens is 388 g/mol. The minimum Gasteiger partial charge on any atom is -0.485 e. The highest BCUT2D eigenvalue weighted by atomic mass is 16.6. The molecule has 10 heteroatoms. The Bertz CT molecular complexity index is 1120. The number of hydrogen-bond donors (Lipinski definition) is 2. The Hall–Kier alpha value is -4.15. The van der Waals surface area contributed by atoms with Crippen molar-refractivity contribution in [3.8, 4) is 18.0 Å². The Morgan fingerprint density at radius 2 is 2.07 bits per heavy atom. The van der Waals surface area contributed by atoms with Gasteiger partial charge in [0, 0.05) is 17.7 Å². The molecule has 0 bridgehead atoms. The SMILES string of the molecule is CC1(C)Oc2ccc(C#N)cc2[C@@H](N(C#N)C(N)=Nc2cccc([N+](=O)[O-])c2)[C@@H]1O. The lowest BCUT2D eigenvalue weighted by Gasteiger charge is -2.44. The molecule has 1 aliphatic heterocycles. The van der Waals surface area contributed by atoms with Crippen LogP contribution in [-0.2, 0) is 0 Å². The third kappa shape index (κ3) is 3.72. The van der Waals surface area contributed by atoms with Crippen molar-refractivity contribution in [2.24, 2.45) is 10.7 Å². The van der Waals surface area contributed by atoms with E-state index >= 15 is 0 Å². The van der Waals surface area contributed by atoms with E-state index in [1.165, 1.54) is 30.3 Å². The average molecular weight is 406 g/mol. The van der Waals surface area contributed by atoms with Crippen molar-refractivity contribution in [1.82, 2.24) is 4.90 Å². The Balaban J connectivity index is 2.09. The maximum Gasteiger partial charge on any atom is 0.271 e. The predicted octanol–water partition coefficient (Wildman–Crippen LogP) is 2.47. The number of non-ortho nitro benzene ring substituents is 1. The second kappa shape index (κ2) is 7.70. The van der Waals surface area contributed by atoms with Crippen LogP contribution in [0.4, 0.5) is 11.4 Å². The lowest BCUT2D eigenvalue weighted by atomic mass is 9.85. The summed E-state index contributed by atoms with van der Waals surface area (Å²) in [6, 6.07) is 11.2. The third-order valence-corrected chi connectivity index (χ3v) is 4.76. The van der Waals surface area contributed by atoms with Gasteiger partial charge in [-0.3, -0.25) is 10.1 Å². The summed E-state index contributed by atoms with van der Waals surface area (Å²) in [6.45, 7) is 3.32. The number of nitro groups is 1. The monoisotopic (exact) mass is 406 g/mol. The number of aliphatic imine (C=N–C) groups is 1. The number of fused-ring (bicyclic) bond motifs is 1. The highest BCUT2D eigenvalue weighted by Gasteiger charge is 2.46. The molecule has 0 amide bonds. The second-order valence-electron chi connectivity index (χ2n) is 7.18. The van der Waals surface area contributed by atoms with E-state index in [0.717, 1.165) is 4.90 Å². The Labute approximate surface area is 172 Å². The zero-order chi connectivity index (χ0) is 22.1. The summed E-state index contributed by atoms with van der Waals surface area (Å²) in [7, 11) is 0. The van der Waals surface area contributed by atoms with Gasteiger partial charge < -0.3 is 15.6 Å². The fourth-order valence-electron chi connectivity index (χ4n) is 3.23. The van der Waals surface area contributed by atoms with Crippen molar-refractivity contribution in [2.45, 2.75) is 31.6 Å². The van der Waals surface area contributed by atoms with E-state index in [9.17, 15) is 25.7 Å². The van der Waals surface area contributed by atoms with E-state index in [-0.39, 0.29) is 17.3 Å². The molecule has 1 heterocycles. The van der Waals surface area contributed by atoms with E-state index in [0.29, 0.717) is 16.9 Å². The molecular formula is C20H18N6O4. The molecule has 10 nitrogen and oxygen atoms in total. The van der Waals surface area contributed by atoms with Gasteiger partial charge in [-0.15, -0.1) is 0 Å². The number of guanidine groups is 1. The van der Waals surface area contributed by atoms with Gasteiger partial charge in [-0.05, 0) is 38.1 Å². The van der Waals surface area contributed by atoms with Crippen LogP contribution >= 0.6 is 0 Å². The summed E-state index contributed by atoms with van der Waals surface area (Å²) >= 11 is 0. The first-order valence-corrected chi connectivity index (χ1v) is 8.86. The number of aliphatic hydroxyl groups is 1. The Kier molecular flexibility index (Phi) is 5.28. The van der Waals surface area contributed by atoms with Gasteiger partial charge in [0.05, 0.1) is 22.2 Å². The van der Waals surface area contributed by atoms with Gasteiger partial charge in [0.15, 0.2) is 6.19 Å². The summed E-state index contributed by atoms with van der Waals surface area (Å²) in [4.78, 5) is 15.5. The molecule has 30 heavy (non-hydrogen) atoms. The Morgan fingerprint density at radius 3 is 2.70 bits per heavy atom. The molecule has 0 aromatic heterocycles. The normalized spacial score (nSPS) is 19.6. The van der Waals surface area contributed by atoms with E-state index < -0.39 is 22.7 Å². The largest absolute Gasteiger partial charge is 0.485 e. The fourth-order valence-corrected chi connectivity index (χ4v) is 3.23. The molecule has 0 spiro atoms. The molecule has 0 radical (unpaired) electrons. The number of nitro benzene ring substituents is 1. The van der Waals surface area contributed by atoms with E-state index in [4.69, 9.17) is 10.5 Å². The van der Waals surface area contributed by atoms with Crippen LogP contribution in [0, 0.1) is 32.9 Å². The molecule has 0 unspecified atom stereocenters. The van der Waals surface area contributed by atoms with Crippen molar-refractivity contribution in [2.75, 3.05) is 0 Å². The molecule has 2 aromatic rings. The van der Waals surface area contributed by atoms with E-state index in [1.807, 2.05) is 12.3 Å². The van der Waals surface area contributed by atoms with E-state index in [2.05, 4.69) is 4.99 Å². The van der Waals surface area contributed by atoms with Crippen LogP contribution in [-0.4, -0.2) is 32.6 Å². The third-order valence-electron chi connectivity index (χ3n) is 4.76. The van der Waals surface area contributed by atoms with E-state index in [1.54, 1.807) is 26.0 Å². The fraction of sp³-hybridized carbons (Fsp3) is 0.250. The molecule has 3 N–H and O–H groups in total. The zero-order valence-electron chi connectivity index (χ0n) is 16.2. The van der Waals surface area contributed by atoms with Crippen molar-refractivity contribution >= 4 is 17.3 Å². The average Bonchev–Trinajstić information content (AvgIpc) is 2.71. The molecule has 0 fully saturated rings. The first kappa shape index (κ1) is 20.6. The first-order valence-electron chi connectivity index (χ1n) is 8.86. The lowest BCUT2D eigenvalue weighted by Crippen LogP contribution is -2.54. The molecule has 152 valence electrons. The molecule has 3 rings (SSSR count). The van der Waals surface area contributed by atoms with Crippen LogP contribution < -0.4 is 10.5 Å². The number of aliphatic hydroxyl groups excluding tert-OH is 1. The Morgan fingerprint density at radius 1 is 1.33 bits per heavy atom. The van der Waals surface area contributed by atoms with Gasteiger partial charge in [0.2, 0.25) is 5.96 Å². The number of hydrogen-bond acceptors (Lipinski definition) is 7. The summed E-state index contributed by atoms with van der Waals surface area (Å²) in [5.74, 6) is 0.130. The number of nitrogens with two attached hydrogens (primary N) is 1. The number of ether oxygens (including phenoxy) is 1. The molecule has 2 aromatic carbocycles. The van der Waals surface area contributed by atoms with Crippen molar-refractivity contribution in [1.29, 1.82) is 10.5 Å². The molecule has 1 aliphatic rings. The van der Waals surface area contributed by atoms with Crippen LogP contribution in [0.2, 0.25) is 0 Å². The highest BCUT2D eigenvalue weighted by molar-refractivity contribution is 5.83. The molecule has 2 atom stereocenters. The predicted molar refractivity (Wildman–Crippen MR) is 106 cm³/mol. The number of nitriles is 2. The molecule has 0 saturated carbocycles. The van der Waals surface area contributed by atoms with Crippen LogP contribution in [0.1, 0.15) is 31.0 Å². The van der Waals surface area contributed by atoms with Crippen molar-refractivity contribution in [3.05, 3.63) is 63.7 Å². The summed E-state index contributed by atoms with van der Waals surface area (Å²) in [5.41, 5.74) is 5.72. The van der Waals surface area contributed by atoms with Crippen LogP contribution in [0.3, 0.4) is 0 Å². The summed E-state index contributed by atoms with van der Waals surface area (Å²) in [6.07, 6.45) is 0.724. The number of rotatable bonds is 3. The smallest absolute Gasteiger partial charge is 0.271 e. The minimum absolute atomic E-state index is 0.175. The molecule has 0 aliphatic carbocycles. The molecule has 0 saturated heterocycles. The lowest BCUT2D eigenvalue weighted by molar-refractivity contribution is -0.384. The summed E-state index contributed by atoms with van der Waals surface area (Å²) < 4.78 is 5.84. The zero-order valence-corrected chi connectivity index (χ0v) is 16.2. The minimum atomic E-state index is -1.20. The standard InChI is InChI=1S/C20H18N6O4/c1-20(2)18(27)17(15-8-12(10-21)6-7-16(15)30-20)25(11-22)19(23)24-13-4-3-5-14(9-13)26(28)29/h3-9,17-18,27H,1-2H3,(H2,23,24)/t17-,18+/m1/s1. The topological polar surface area (TPSA) is 162 Å². The first-order chi connectivity index (χ1) is 14.2. The maximum atomic E-state index is 11.0.